The van der Waals surface area contributed by atoms with Crippen molar-refractivity contribution in [3.8, 4) is 5.75 Å². The van der Waals surface area contributed by atoms with Gasteiger partial charge in [-0.15, -0.1) is 0 Å². The van der Waals surface area contributed by atoms with Gasteiger partial charge >= 0.3 is 0 Å². The molecule has 0 bridgehead atoms. The van der Waals surface area contributed by atoms with E-state index in [1.807, 2.05) is 6.92 Å². The van der Waals surface area contributed by atoms with E-state index in [9.17, 15) is 14.4 Å². The molecule has 0 spiro atoms. The Balaban J connectivity index is 2.14. The molecular weight excluding hydrogens is 310 g/mol. The summed E-state index contributed by atoms with van der Waals surface area (Å²) < 4.78 is 6.59. The average molecular weight is 329 g/mol. The van der Waals surface area contributed by atoms with Crippen LogP contribution < -0.4 is 21.3 Å². The maximum Gasteiger partial charge on any atom is 0.293 e. The zero-order valence-corrected chi connectivity index (χ0v) is 13.3. The maximum absolute atomic E-state index is 12.2. The Morgan fingerprint density at radius 1 is 1.21 bits per heavy atom. The van der Waals surface area contributed by atoms with Crippen molar-refractivity contribution in [2.24, 2.45) is 5.73 Å². The van der Waals surface area contributed by atoms with Crippen molar-refractivity contribution in [1.82, 2.24) is 4.57 Å². The summed E-state index contributed by atoms with van der Waals surface area (Å²) >= 11 is 0. The summed E-state index contributed by atoms with van der Waals surface area (Å²) in [5.74, 6) is -0.888. The minimum Gasteiger partial charge on any atom is -0.488 e. The average Bonchev–Trinajstić information content (AvgIpc) is 2.56. The number of nitrogens with one attached hydrogen (secondary N) is 1. The molecule has 7 nitrogen and oxygen atoms in total. The fourth-order valence-electron chi connectivity index (χ4n) is 2.11. The van der Waals surface area contributed by atoms with E-state index >= 15 is 0 Å². The normalized spacial score (nSPS) is 10.2. The van der Waals surface area contributed by atoms with Gasteiger partial charge in [-0.05, 0) is 30.7 Å². The molecule has 1 heterocycles. The highest BCUT2D eigenvalue weighted by Gasteiger charge is 2.12. The van der Waals surface area contributed by atoms with Crippen LogP contribution in [0.4, 0.5) is 5.69 Å². The number of hydrogen-bond donors (Lipinski definition) is 2. The van der Waals surface area contributed by atoms with Crippen LogP contribution in [0.15, 0.2) is 47.4 Å². The number of para-hydroxylation sites is 1. The van der Waals surface area contributed by atoms with Gasteiger partial charge in [0.1, 0.15) is 6.54 Å². The molecule has 0 saturated heterocycles. The smallest absolute Gasteiger partial charge is 0.293 e. The lowest BCUT2D eigenvalue weighted by Gasteiger charge is -2.11. The molecule has 0 fully saturated rings. The van der Waals surface area contributed by atoms with Gasteiger partial charge in [-0.3, -0.25) is 14.4 Å². The van der Waals surface area contributed by atoms with Gasteiger partial charge in [0.2, 0.25) is 5.91 Å². The van der Waals surface area contributed by atoms with Gasteiger partial charge in [0.05, 0.1) is 17.9 Å². The van der Waals surface area contributed by atoms with E-state index in [0.717, 1.165) is 6.42 Å². The number of hydrogen-bond acceptors (Lipinski definition) is 4. The summed E-state index contributed by atoms with van der Waals surface area (Å²) in [5, 5.41) is 2.59. The molecular formula is C17H19N3O4. The first kappa shape index (κ1) is 17.3. The SMILES string of the molecule is CCCOc1cccn(CC(=O)Nc2ccccc2C(N)=O)c1=O. The Morgan fingerprint density at radius 2 is 1.96 bits per heavy atom. The standard InChI is InChI=1S/C17H19N3O4/c1-2-10-24-14-8-5-9-20(17(14)23)11-15(21)19-13-7-4-3-6-12(13)16(18)22/h3-9H,2,10-11H2,1H3,(H2,18,22)(H,19,21). The predicted molar refractivity (Wildman–Crippen MR) is 90.1 cm³/mol. The van der Waals surface area contributed by atoms with Gasteiger partial charge < -0.3 is 20.4 Å². The van der Waals surface area contributed by atoms with Crippen molar-refractivity contribution >= 4 is 17.5 Å². The molecule has 0 saturated carbocycles. The van der Waals surface area contributed by atoms with E-state index in [0.29, 0.717) is 12.3 Å². The third-order valence-electron chi connectivity index (χ3n) is 3.23. The molecule has 126 valence electrons. The van der Waals surface area contributed by atoms with E-state index in [1.165, 1.54) is 16.8 Å². The second-order valence-electron chi connectivity index (χ2n) is 5.11. The summed E-state index contributed by atoms with van der Waals surface area (Å²) in [4.78, 5) is 35.8. The number of carbonyl (C=O) groups is 2. The minimum atomic E-state index is -0.641. The number of nitrogens with two attached hydrogens (primary N) is 1. The Kier molecular flexibility index (Phi) is 5.73. The Morgan fingerprint density at radius 3 is 2.67 bits per heavy atom. The summed E-state index contributed by atoms with van der Waals surface area (Å²) in [5.41, 5.74) is 5.40. The molecule has 0 aliphatic heterocycles. The Bertz CT molecular complexity index is 798. The predicted octanol–water partition coefficient (Wildman–Crippen LogP) is 1.37. The molecule has 3 N–H and O–H groups in total. The highest BCUT2D eigenvalue weighted by atomic mass is 16.5. The van der Waals surface area contributed by atoms with E-state index in [2.05, 4.69) is 5.32 Å². The summed E-state index contributed by atoms with van der Waals surface area (Å²) in [6, 6.07) is 9.61. The first-order valence-electron chi connectivity index (χ1n) is 7.54. The molecule has 2 amide bonds. The van der Waals surface area contributed by atoms with E-state index in [1.54, 1.807) is 30.3 Å². The number of amides is 2. The molecule has 24 heavy (non-hydrogen) atoms. The number of benzene rings is 1. The number of primary amides is 1. The molecule has 0 unspecified atom stereocenters. The fraction of sp³-hybridized carbons (Fsp3) is 0.235. The van der Waals surface area contributed by atoms with Crippen molar-refractivity contribution in [3.63, 3.8) is 0 Å². The van der Waals surface area contributed by atoms with Gasteiger partial charge in [-0.1, -0.05) is 19.1 Å². The highest BCUT2D eigenvalue weighted by molar-refractivity contribution is 6.02. The quantitative estimate of drug-likeness (QED) is 0.800. The first-order valence-corrected chi connectivity index (χ1v) is 7.54. The van der Waals surface area contributed by atoms with E-state index in [4.69, 9.17) is 10.5 Å². The second-order valence-corrected chi connectivity index (χ2v) is 5.11. The van der Waals surface area contributed by atoms with Crippen LogP contribution in [0, 0.1) is 0 Å². The lowest BCUT2D eigenvalue weighted by Crippen LogP contribution is -2.28. The van der Waals surface area contributed by atoms with Crippen molar-refractivity contribution in [2.45, 2.75) is 19.9 Å². The van der Waals surface area contributed by atoms with Gasteiger partial charge in [0.25, 0.3) is 11.5 Å². The van der Waals surface area contributed by atoms with E-state index < -0.39 is 11.8 Å². The Hall–Kier alpha value is -3.09. The van der Waals surface area contributed by atoms with Gasteiger partial charge in [-0.25, -0.2) is 0 Å². The van der Waals surface area contributed by atoms with E-state index in [-0.39, 0.29) is 23.4 Å². The van der Waals surface area contributed by atoms with Crippen molar-refractivity contribution < 1.29 is 14.3 Å². The minimum absolute atomic E-state index is 0.199. The van der Waals surface area contributed by atoms with Crippen LogP contribution in [-0.2, 0) is 11.3 Å². The van der Waals surface area contributed by atoms with Crippen molar-refractivity contribution in [3.05, 3.63) is 58.5 Å². The van der Waals surface area contributed by atoms with Crippen LogP contribution in [0.1, 0.15) is 23.7 Å². The third kappa shape index (κ3) is 4.22. The Labute approximate surface area is 139 Å². The molecule has 0 radical (unpaired) electrons. The van der Waals surface area contributed by atoms with Crippen LogP contribution in [0.25, 0.3) is 0 Å². The lowest BCUT2D eigenvalue weighted by molar-refractivity contribution is -0.116. The van der Waals surface area contributed by atoms with Crippen LogP contribution in [-0.4, -0.2) is 23.0 Å². The van der Waals surface area contributed by atoms with Crippen LogP contribution >= 0.6 is 0 Å². The summed E-state index contributed by atoms with van der Waals surface area (Å²) in [6.07, 6.45) is 2.28. The topological polar surface area (TPSA) is 103 Å². The van der Waals surface area contributed by atoms with Crippen LogP contribution in [0.3, 0.4) is 0 Å². The van der Waals surface area contributed by atoms with Gasteiger partial charge in [-0.2, -0.15) is 0 Å². The molecule has 0 aliphatic rings. The molecule has 0 aliphatic carbocycles. The number of pyridine rings is 1. The number of aromatic nitrogens is 1. The van der Waals surface area contributed by atoms with Crippen molar-refractivity contribution in [2.75, 3.05) is 11.9 Å². The largest absolute Gasteiger partial charge is 0.488 e. The zero-order chi connectivity index (χ0) is 17.5. The molecule has 2 rings (SSSR count). The van der Waals surface area contributed by atoms with Crippen molar-refractivity contribution in [1.29, 1.82) is 0 Å². The number of ether oxygens (including phenoxy) is 1. The fourth-order valence-corrected chi connectivity index (χ4v) is 2.11. The first-order chi connectivity index (χ1) is 11.5. The molecule has 2 aromatic rings. The van der Waals surface area contributed by atoms with Crippen LogP contribution in [0.5, 0.6) is 5.75 Å². The highest BCUT2D eigenvalue weighted by Crippen LogP contribution is 2.14. The number of nitrogens with zero attached hydrogens (tertiary/aromatic N) is 1. The van der Waals surface area contributed by atoms with Crippen LogP contribution in [0.2, 0.25) is 0 Å². The zero-order valence-electron chi connectivity index (χ0n) is 13.3. The monoisotopic (exact) mass is 329 g/mol. The van der Waals surface area contributed by atoms with Gasteiger partial charge in [0.15, 0.2) is 5.75 Å². The van der Waals surface area contributed by atoms with Gasteiger partial charge in [0, 0.05) is 6.20 Å². The maximum atomic E-state index is 12.2. The number of anilines is 1. The molecule has 1 aromatic carbocycles. The number of rotatable bonds is 7. The molecule has 0 atom stereocenters. The third-order valence-corrected chi connectivity index (χ3v) is 3.23. The summed E-state index contributed by atoms with van der Waals surface area (Å²) in [7, 11) is 0. The number of carbonyl (C=O) groups excluding carboxylic acids is 2. The second kappa shape index (κ2) is 7.96. The molecule has 7 heteroatoms. The molecule has 1 aromatic heterocycles. The lowest BCUT2D eigenvalue weighted by atomic mass is 10.1. The summed E-state index contributed by atoms with van der Waals surface area (Å²) in [6.45, 7) is 2.16.